The molecule has 1 atom stereocenters. The molecule has 4 nitrogen and oxygen atoms in total. The normalized spacial score (nSPS) is 12.0. The van der Waals surface area contributed by atoms with Crippen LogP contribution in [-0.4, -0.2) is 50.3 Å². The zero-order valence-electron chi connectivity index (χ0n) is 13.0. The standard InChI is InChI=1S/C17H22ClNO3/c1-4-10-19(3)16(12-21-13-17(20)22-5-2)11-14-6-8-15(18)9-7-14/h1,6-9,16H,5,10-13H2,2-3H3/t16-/m0/s1. The summed E-state index contributed by atoms with van der Waals surface area (Å²) in [5.41, 5.74) is 1.14. The summed E-state index contributed by atoms with van der Waals surface area (Å²) >= 11 is 5.90. The first-order chi connectivity index (χ1) is 10.6. The lowest BCUT2D eigenvalue weighted by Crippen LogP contribution is -2.38. The second-order valence-corrected chi connectivity index (χ2v) is 5.36. The monoisotopic (exact) mass is 323 g/mol. The summed E-state index contributed by atoms with van der Waals surface area (Å²) in [6.07, 6.45) is 6.13. The van der Waals surface area contributed by atoms with Gasteiger partial charge in [0.05, 0.1) is 19.8 Å². The number of nitrogens with zero attached hydrogens (tertiary/aromatic N) is 1. The first kappa shape index (κ1) is 18.5. The van der Waals surface area contributed by atoms with Gasteiger partial charge in [0.25, 0.3) is 0 Å². The van der Waals surface area contributed by atoms with Crippen molar-refractivity contribution in [2.75, 3.05) is 33.4 Å². The van der Waals surface area contributed by atoms with Crippen LogP contribution < -0.4 is 0 Å². The lowest BCUT2D eigenvalue weighted by molar-refractivity contribution is -0.148. The molecule has 0 aliphatic carbocycles. The SMILES string of the molecule is C#CCN(C)[C@H](COCC(=O)OCC)Cc1ccc(Cl)cc1. The maximum absolute atomic E-state index is 11.3. The highest BCUT2D eigenvalue weighted by atomic mass is 35.5. The van der Waals surface area contributed by atoms with Crippen LogP contribution in [0, 0.1) is 12.3 Å². The zero-order valence-corrected chi connectivity index (χ0v) is 13.8. The topological polar surface area (TPSA) is 38.8 Å². The molecule has 0 fully saturated rings. The van der Waals surface area contributed by atoms with Gasteiger partial charge in [-0.05, 0) is 38.1 Å². The van der Waals surface area contributed by atoms with Crippen LogP contribution in [0.5, 0.6) is 0 Å². The number of terminal acetylenes is 1. The van der Waals surface area contributed by atoms with Crippen molar-refractivity contribution in [1.29, 1.82) is 0 Å². The fourth-order valence-electron chi connectivity index (χ4n) is 1.99. The Balaban J connectivity index is 2.58. The number of rotatable bonds is 9. The number of hydrogen-bond acceptors (Lipinski definition) is 4. The fourth-order valence-corrected chi connectivity index (χ4v) is 2.11. The van der Waals surface area contributed by atoms with Gasteiger partial charge in [-0.25, -0.2) is 4.79 Å². The first-order valence-corrected chi connectivity index (χ1v) is 7.56. The van der Waals surface area contributed by atoms with Gasteiger partial charge in [0.15, 0.2) is 0 Å². The Labute approximate surface area is 137 Å². The third-order valence-electron chi connectivity index (χ3n) is 3.18. The second-order valence-electron chi connectivity index (χ2n) is 4.92. The molecule has 0 aliphatic rings. The minimum absolute atomic E-state index is 0.0468. The Hall–Kier alpha value is -1.54. The number of esters is 1. The molecule has 1 aromatic rings. The van der Waals surface area contributed by atoms with E-state index in [1.165, 1.54) is 0 Å². The van der Waals surface area contributed by atoms with Crippen molar-refractivity contribution in [1.82, 2.24) is 4.90 Å². The molecule has 5 heteroatoms. The third kappa shape index (κ3) is 6.95. The van der Waals surface area contributed by atoms with Crippen LogP contribution in [0.2, 0.25) is 5.02 Å². The summed E-state index contributed by atoms with van der Waals surface area (Å²) < 4.78 is 10.3. The quantitative estimate of drug-likeness (QED) is 0.517. The number of halogens is 1. The molecule has 1 aromatic carbocycles. The molecule has 120 valence electrons. The molecule has 0 N–H and O–H groups in total. The predicted molar refractivity (Wildman–Crippen MR) is 87.9 cm³/mol. The Bertz CT molecular complexity index is 496. The smallest absolute Gasteiger partial charge is 0.332 e. The van der Waals surface area contributed by atoms with Crippen molar-refractivity contribution in [2.24, 2.45) is 0 Å². The highest BCUT2D eigenvalue weighted by Crippen LogP contribution is 2.13. The molecule has 1 rings (SSSR count). The minimum atomic E-state index is -0.354. The van der Waals surface area contributed by atoms with Gasteiger partial charge >= 0.3 is 5.97 Å². The molecule has 0 saturated carbocycles. The van der Waals surface area contributed by atoms with Crippen LogP contribution in [0.15, 0.2) is 24.3 Å². The summed E-state index contributed by atoms with van der Waals surface area (Å²) in [6.45, 7) is 2.99. The average molecular weight is 324 g/mol. The Morgan fingerprint density at radius 1 is 1.41 bits per heavy atom. The molecular weight excluding hydrogens is 302 g/mol. The number of hydrogen-bond donors (Lipinski definition) is 0. The van der Waals surface area contributed by atoms with Gasteiger partial charge in [0.2, 0.25) is 0 Å². The number of likely N-dealkylation sites (N-methyl/N-ethyl adjacent to an activating group) is 1. The van der Waals surface area contributed by atoms with E-state index in [0.29, 0.717) is 24.8 Å². The maximum atomic E-state index is 11.3. The number of benzene rings is 1. The van der Waals surface area contributed by atoms with Crippen molar-refractivity contribution < 1.29 is 14.3 Å². The molecule has 0 heterocycles. The lowest BCUT2D eigenvalue weighted by Gasteiger charge is -2.26. The van der Waals surface area contributed by atoms with E-state index in [2.05, 4.69) is 5.92 Å². The summed E-state index contributed by atoms with van der Waals surface area (Å²) in [4.78, 5) is 13.3. The van der Waals surface area contributed by atoms with Gasteiger partial charge in [-0.3, -0.25) is 4.90 Å². The Morgan fingerprint density at radius 3 is 2.68 bits per heavy atom. The summed E-state index contributed by atoms with van der Waals surface area (Å²) in [5, 5.41) is 0.704. The van der Waals surface area contributed by atoms with E-state index in [-0.39, 0.29) is 18.6 Å². The summed E-state index contributed by atoms with van der Waals surface area (Å²) in [6, 6.07) is 7.74. The second kappa shape index (κ2) is 10.2. The van der Waals surface area contributed by atoms with Crippen molar-refractivity contribution >= 4 is 17.6 Å². The summed E-state index contributed by atoms with van der Waals surface area (Å²) in [5.74, 6) is 2.27. The largest absolute Gasteiger partial charge is 0.464 e. The van der Waals surface area contributed by atoms with E-state index in [0.717, 1.165) is 12.0 Å². The van der Waals surface area contributed by atoms with Crippen LogP contribution in [-0.2, 0) is 20.7 Å². The van der Waals surface area contributed by atoms with Crippen molar-refractivity contribution in [3.8, 4) is 12.3 Å². The first-order valence-electron chi connectivity index (χ1n) is 7.18. The molecule has 0 radical (unpaired) electrons. The zero-order chi connectivity index (χ0) is 16.4. The van der Waals surface area contributed by atoms with E-state index in [1.807, 2.05) is 36.2 Å². The maximum Gasteiger partial charge on any atom is 0.332 e. The molecule has 0 unspecified atom stereocenters. The molecule has 0 amide bonds. The van der Waals surface area contributed by atoms with Gasteiger partial charge in [0, 0.05) is 11.1 Å². The highest BCUT2D eigenvalue weighted by Gasteiger charge is 2.16. The minimum Gasteiger partial charge on any atom is -0.464 e. The lowest BCUT2D eigenvalue weighted by atomic mass is 10.1. The van der Waals surface area contributed by atoms with Crippen LogP contribution in [0.25, 0.3) is 0 Å². The van der Waals surface area contributed by atoms with Gasteiger partial charge in [-0.1, -0.05) is 29.7 Å². The molecule has 0 bridgehead atoms. The van der Waals surface area contributed by atoms with Gasteiger partial charge in [0.1, 0.15) is 6.61 Å². The third-order valence-corrected chi connectivity index (χ3v) is 3.44. The molecule has 0 aliphatic heterocycles. The average Bonchev–Trinajstić information content (AvgIpc) is 2.49. The number of ether oxygens (including phenoxy) is 2. The van der Waals surface area contributed by atoms with Gasteiger partial charge < -0.3 is 9.47 Å². The van der Waals surface area contributed by atoms with E-state index in [9.17, 15) is 4.79 Å². The molecule has 22 heavy (non-hydrogen) atoms. The van der Waals surface area contributed by atoms with Crippen molar-refractivity contribution in [2.45, 2.75) is 19.4 Å². The van der Waals surface area contributed by atoms with E-state index in [4.69, 9.17) is 27.5 Å². The molecular formula is C17H22ClNO3. The van der Waals surface area contributed by atoms with E-state index in [1.54, 1.807) is 6.92 Å². The van der Waals surface area contributed by atoms with Crippen molar-refractivity contribution in [3.63, 3.8) is 0 Å². The van der Waals surface area contributed by atoms with Crippen LogP contribution in [0.4, 0.5) is 0 Å². The van der Waals surface area contributed by atoms with Crippen LogP contribution in [0.3, 0.4) is 0 Å². The Morgan fingerprint density at radius 2 is 2.09 bits per heavy atom. The van der Waals surface area contributed by atoms with Crippen LogP contribution in [0.1, 0.15) is 12.5 Å². The van der Waals surface area contributed by atoms with Crippen molar-refractivity contribution in [3.05, 3.63) is 34.9 Å². The fraction of sp³-hybridized carbons (Fsp3) is 0.471. The molecule has 0 saturated heterocycles. The summed E-state index contributed by atoms with van der Waals surface area (Å²) in [7, 11) is 1.94. The van der Waals surface area contributed by atoms with Crippen LogP contribution >= 0.6 is 11.6 Å². The number of carbonyl (C=O) groups excluding carboxylic acids is 1. The number of carbonyl (C=O) groups is 1. The van der Waals surface area contributed by atoms with Gasteiger partial charge in [-0.2, -0.15) is 0 Å². The molecule has 0 aromatic heterocycles. The Kier molecular flexibility index (Phi) is 8.61. The van der Waals surface area contributed by atoms with Gasteiger partial charge in [-0.15, -0.1) is 6.42 Å². The highest BCUT2D eigenvalue weighted by molar-refractivity contribution is 6.30. The van der Waals surface area contributed by atoms with E-state index >= 15 is 0 Å². The predicted octanol–water partition coefficient (Wildman–Crippen LogP) is 2.40. The van der Waals surface area contributed by atoms with E-state index < -0.39 is 0 Å². The molecule has 0 spiro atoms.